The van der Waals surface area contributed by atoms with E-state index >= 15 is 0 Å². The molecule has 0 radical (unpaired) electrons. The summed E-state index contributed by atoms with van der Waals surface area (Å²) in [5.74, 6) is 1.64. The third-order valence-electron chi connectivity index (χ3n) is 3.15. The second-order valence-corrected chi connectivity index (χ2v) is 5.70. The minimum Gasteiger partial charge on any atom is -0.489 e. The van der Waals surface area contributed by atoms with Crippen LogP contribution in [0.2, 0.25) is 0 Å². The van der Waals surface area contributed by atoms with Crippen LogP contribution >= 0.6 is 22.6 Å². The molecule has 0 fully saturated rings. The lowest BCUT2D eigenvalue weighted by Crippen LogP contribution is -2.02. The van der Waals surface area contributed by atoms with Gasteiger partial charge < -0.3 is 14.9 Å². The van der Waals surface area contributed by atoms with Gasteiger partial charge in [0.25, 0.3) is 0 Å². The number of fused-ring (bicyclic) bond motifs is 1. The van der Waals surface area contributed by atoms with Crippen LogP contribution in [0.15, 0.2) is 52.9 Å². The normalized spacial score (nSPS) is 10.9. The van der Waals surface area contributed by atoms with Gasteiger partial charge >= 0.3 is 0 Å². The first kappa shape index (κ1) is 13.5. The van der Waals surface area contributed by atoms with E-state index in [2.05, 4.69) is 22.6 Å². The summed E-state index contributed by atoms with van der Waals surface area (Å²) in [7, 11) is 0. The molecule has 0 aliphatic heterocycles. The Balaban J connectivity index is 1.90. The number of nitrogens with two attached hydrogens (primary N) is 1. The fraction of sp³-hybridized carbons (Fsp3) is 0.125. The molecule has 2 aromatic carbocycles. The molecule has 20 heavy (non-hydrogen) atoms. The Bertz CT molecular complexity index is 736. The van der Waals surface area contributed by atoms with Crippen LogP contribution in [0.1, 0.15) is 11.3 Å². The van der Waals surface area contributed by atoms with Crippen molar-refractivity contribution in [2.24, 2.45) is 5.73 Å². The van der Waals surface area contributed by atoms with Crippen LogP contribution in [0.3, 0.4) is 0 Å². The van der Waals surface area contributed by atoms with Crippen molar-refractivity contribution in [2.75, 3.05) is 0 Å². The smallest absolute Gasteiger partial charge is 0.134 e. The summed E-state index contributed by atoms with van der Waals surface area (Å²) in [5.41, 5.74) is 7.64. The second kappa shape index (κ2) is 5.85. The van der Waals surface area contributed by atoms with Crippen molar-refractivity contribution in [3.63, 3.8) is 0 Å². The average molecular weight is 379 g/mol. The SMILES string of the molecule is NCc1oc2ccccc2c1COc1cccc(I)c1. The summed E-state index contributed by atoms with van der Waals surface area (Å²) < 4.78 is 12.8. The van der Waals surface area contributed by atoms with Crippen LogP contribution in [-0.2, 0) is 13.2 Å². The Morgan fingerprint density at radius 1 is 1.10 bits per heavy atom. The molecule has 0 bridgehead atoms. The molecule has 0 spiro atoms. The van der Waals surface area contributed by atoms with Crippen LogP contribution in [0.4, 0.5) is 0 Å². The van der Waals surface area contributed by atoms with E-state index in [-0.39, 0.29) is 0 Å². The second-order valence-electron chi connectivity index (χ2n) is 4.45. The monoisotopic (exact) mass is 379 g/mol. The standard InChI is InChI=1S/C16H14INO2/c17-11-4-3-5-12(8-11)19-10-14-13-6-1-2-7-15(13)20-16(14)9-18/h1-8H,9-10,18H2. The van der Waals surface area contributed by atoms with Crippen molar-refractivity contribution in [2.45, 2.75) is 13.2 Å². The molecule has 1 heterocycles. The number of rotatable bonds is 4. The number of hydrogen-bond donors (Lipinski definition) is 1. The molecule has 0 saturated carbocycles. The highest BCUT2D eigenvalue weighted by Crippen LogP contribution is 2.27. The molecule has 0 aliphatic rings. The fourth-order valence-corrected chi connectivity index (χ4v) is 2.70. The molecular formula is C16H14INO2. The average Bonchev–Trinajstić information content (AvgIpc) is 2.83. The van der Waals surface area contributed by atoms with Gasteiger partial charge in [-0.2, -0.15) is 0 Å². The number of para-hydroxylation sites is 1. The largest absolute Gasteiger partial charge is 0.489 e. The predicted octanol–water partition coefficient (Wildman–Crippen LogP) is 4.08. The summed E-state index contributed by atoms with van der Waals surface area (Å²) in [5, 5.41) is 1.07. The maximum atomic E-state index is 5.86. The van der Waals surface area contributed by atoms with Crippen molar-refractivity contribution >= 4 is 33.6 Å². The molecule has 0 aliphatic carbocycles. The lowest BCUT2D eigenvalue weighted by molar-refractivity contribution is 0.303. The van der Waals surface area contributed by atoms with Crippen LogP contribution in [0.25, 0.3) is 11.0 Å². The molecule has 2 N–H and O–H groups in total. The molecule has 102 valence electrons. The van der Waals surface area contributed by atoms with Crippen molar-refractivity contribution < 1.29 is 9.15 Å². The number of hydrogen-bond acceptors (Lipinski definition) is 3. The zero-order valence-corrected chi connectivity index (χ0v) is 13.0. The van der Waals surface area contributed by atoms with Gasteiger partial charge in [-0.25, -0.2) is 0 Å². The van der Waals surface area contributed by atoms with E-state index in [1.54, 1.807) is 0 Å². The molecule has 0 atom stereocenters. The van der Waals surface area contributed by atoms with Crippen molar-refractivity contribution in [1.82, 2.24) is 0 Å². The van der Waals surface area contributed by atoms with Gasteiger partial charge in [-0.15, -0.1) is 0 Å². The molecule has 3 rings (SSSR count). The van der Waals surface area contributed by atoms with Gasteiger partial charge in [0.05, 0.1) is 6.54 Å². The first-order valence-electron chi connectivity index (χ1n) is 6.35. The van der Waals surface area contributed by atoms with Gasteiger partial charge in [0, 0.05) is 14.5 Å². The maximum Gasteiger partial charge on any atom is 0.134 e. The molecule has 1 aromatic heterocycles. The fourth-order valence-electron chi connectivity index (χ4n) is 2.18. The van der Waals surface area contributed by atoms with Crippen LogP contribution in [0.5, 0.6) is 5.75 Å². The molecule has 0 unspecified atom stereocenters. The first-order valence-corrected chi connectivity index (χ1v) is 7.43. The summed E-state index contributed by atoms with van der Waals surface area (Å²) in [6.07, 6.45) is 0. The number of halogens is 1. The highest BCUT2D eigenvalue weighted by Gasteiger charge is 2.13. The van der Waals surface area contributed by atoms with Crippen LogP contribution in [0, 0.1) is 3.57 Å². The number of ether oxygens (including phenoxy) is 1. The highest BCUT2D eigenvalue weighted by molar-refractivity contribution is 14.1. The summed E-state index contributed by atoms with van der Waals surface area (Å²) >= 11 is 2.27. The molecular weight excluding hydrogens is 365 g/mol. The number of furan rings is 1. The molecule has 0 saturated heterocycles. The topological polar surface area (TPSA) is 48.4 Å². The number of benzene rings is 2. The van der Waals surface area contributed by atoms with Crippen LogP contribution in [-0.4, -0.2) is 0 Å². The maximum absolute atomic E-state index is 5.86. The molecule has 4 heteroatoms. The van der Waals surface area contributed by atoms with E-state index in [0.29, 0.717) is 13.2 Å². The Hall–Kier alpha value is -1.53. The van der Waals surface area contributed by atoms with Gasteiger partial charge in [0.15, 0.2) is 0 Å². The quantitative estimate of drug-likeness (QED) is 0.696. The van der Waals surface area contributed by atoms with Crippen molar-refractivity contribution in [1.29, 1.82) is 0 Å². The summed E-state index contributed by atoms with van der Waals surface area (Å²) in [6.45, 7) is 0.837. The third-order valence-corrected chi connectivity index (χ3v) is 3.82. The van der Waals surface area contributed by atoms with E-state index in [0.717, 1.165) is 31.6 Å². The van der Waals surface area contributed by atoms with Crippen molar-refractivity contribution in [3.05, 3.63) is 63.4 Å². The van der Waals surface area contributed by atoms with E-state index in [1.807, 2.05) is 48.5 Å². The van der Waals surface area contributed by atoms with Crippen molar-refractivity contribution in [3.8, 4) is 5.75 Å². The minimum absolute atomic E-state index is 0.375. The van der Waals surface area contributed by atoms with Crippen LogP contribution < -0.4 is 10.5 Å². The lowest BCUT2D eigenvalue weighted by Gasteiger charge is -2.06. The summed E-state index contributed by atoms with van der Waals surface area (Å²) in [6, 6.07) is 15.9. The van der Waals surface area contributed by atoms with Gasteiger partial charge in [0.2, 0.25) is 0 Å². The molecule has 3 nitrogen and oxygen atoms in total. The predicted molar refractivity (Wildman–Crippen MR) is 87.6 cm³/mol. The van der Waals surface area contributed by atoms with E-state index in [1.165, 1.54) is 0 Å². The third kappa shape index (κ3) is 2.66. The zero-order valence-electron chi connectivity index (χ0n) is 10.8. The molecule has 3 aromatic rings. The first-order chi connectivity index (χ1) is 9.78. The van der Waals surface area contributed by atoms with E-state index in [4.69, 9.17) is 14.9 Å². The Morgan fingerprint density at radius 2 is 1.95 bits per heavy atom. The van der Waals surface area contributed by atoms with E-state index in [9.17, 15) is 0 Å². The Kier molecular flexibility index (Phi) is 3.93. The molecule has 0 amide bonds. The highest BCUT2D eigenvalue weighted by atomic mass is 127. The minimum atomic E-state index is 0.375. The van der Waals surface area contributed by atoms with Gasteiger partial charge in [-0.3, -0.25) is 0 Å². The summed E-state index contributed by atoms with van der Waals surface area (Å²) in [4.78, 5) is 0. The van der Waals surface area contributed by atoms with E-state index < -0.39 is 0 Å². The lowest BCUT2D eigenvalue weighted by atomic mass is 10.1. The van der Waals surface area contributed by atoms with Gasteiger partial charge in [-0.05, 0) is 46.9 Å². The zero-order chi connectivity index (χ0) is 13.9. The Morgan fingerprint density at radius 3 is 2.75 bits per heavy atom. The van der Waals surface area contributed by atoms with Gasteiger partial charge in [-0.1, -0.05) is 24.3 Å². The Labute approximate surface area is 130 Å². The van der Waals surface area contributed by atoms with Gasteiger partial charge in [0.1, 0.15) is 23.7 Å².